The number of nitrogens with one attached hydrogen (secondary N) is 1. The van der Waals surface area contributed by atoms with E-state index in [0.717, 1.165) is 0 Å². The molecule has 0 bridgehead atoms. The lowest BCUT2D eigenvalue weighted by molar-refractivity contribution is -0.141. The van der Waals surface area contributed by atoms with Gasteiger partial charge in [-0.1, -0.05) is 6.92 Å². The molecule has 1 atom stereocenters. The minimum absolute atomic E-state index is 0.0939. The number of hydrogen-bond acceptors (Lipinski definition) is 2. The predicted molar refractivity (Wildman–Crippen MR) is 77.2 cm³/mol. The summed E-state index contributed by atoms with van der Waals surface area (Å²) in [5, 5.41) is 11.4. The third kappa shape index (κ3) is 4.48. The topological polar surface area (TPSA) is 69.6 Å². The maximum absolute atomic E-state index is 13.3. The van der Waals surface area contributed by atoms with E-state index in [1.165, 1.54) is 24.0 Å². The highest BCUT2D eigenvalue weighted by atomic mass is 79.9. The van der Waals surface area contributed by atoms with Crippen LogP contribution < -0.4 is 5.32 Å². The normalized spacial score (nSPS) is 11.8. The monoisotopic (exact) mass is 346 g/mol. The molecule has 0 aliphatic carbocycles. The number of halogens is 2. The third-order valence-corrected chi connectivity index (χ3v) is 3.40. The first-order chi connectivity index (χ1) is 9.35. The first kappa shape index (κ1) is 16.4. The van der Waals surface area contributed by atoms with Crippen molar-refractivity contribution in [2.45, 2.75) is 13.8 Å². The van der Waals surface area contributed by atoms with Crippen LogP contribution in [0.25, 0.3) is 0 Å². The van der Waals surface area contributed by atoms with Gasteiger partial charge < -0.3 is 15.3 Å². The number of nitrogens with zero attached hydrogens (tertiary/aromatic N) is 1. The zero-order valence-electron chi connectivity index (χ0n) is 11.2. The zero-order chi connectivity index (χ0) is 15.3. The molecule has 1 rings (SSSR count). The van der Waals surface area contributed by atoms with Crippen LogP contribution in [-0.4, -0.2) is 35.1 Å². The number of anilines is 1. The lowest BCUT2D eigenvalue weighted by atomic mass is 10.2. The Bertz CT molecular complexity index is 510. The summed E-state index contributed by atoms with van der Waals surface area (Å²) in [6.07, 6.45) is 0. The molecule has 5 nitrogen and oxygen atoms in total. The Morgan fingerprint density at radius 1 is 1.50 bits per heavy atom. The van der Waals surface area contributed by atoms with Crippen LogP contribution in [0.5, 0.6) is 0 Å². The second kappa shape index (κ2) is 7.23. The Morgan fingerprint density at radius 2 is 2.15 bits per heavy atom. The maximum Gasteiger partial charge on any atom is 0.321 e. The first-order valence-electron chi connectivity index (χ1n) is 6.09. The average molecular weight is 347 g/mol. The SMILES string of the molecule is CCN(CC(C)C(=O)O)C(=O)Nc1ccc(Br)c(F)c1. The fourth-order valence-corrected chi connectivity index (χ4v) is 1.79. The van der Waals surface area contributed by atoms with Crippen molar-refractivity contribution in [1.29, 1.82) is 0 Å². The van der Waals surface area contributed by atoms with E-state index < -0.39 is 23.7 Å². The van der Waals surface area contributed by atoms with Gasteiger partial charge in [0.2, 0.25) is 0 Å². The van der Waals surface area contributed by atoms with Crippen LogP contribution in [0, 0.1) is 11.7 Å². The molecule has 0 heterocycles. The highest BCUT2D eigenvalue weighted by molar-refractivity contribution is 9.10. The number of benzene rings is 1. The number of hydrogen-bond donors (Lipinski definition) is 2. The van der Waals surface area contributed by atoms with Crippen molar-refractivity contribution in [3.8, 4) is 0 Å². The summed E-state index contributed by atoms with van der Waals surface area (Å²) < 4.78 is 13.6. The molecular weight excluding hydrogens is 331 g/mol. The minimum atomic E-state index is -0.967. The average Bonchev–Trinajstić information content (AvgIpc) is 2.39. The van der Waals surface area contributed by atoms with Gasteiger partial charge in [-0.3, -0.25) is 4.79 Å². The van der Waals surface area contributed by atoms with Crippen molar-refractivity contribution < 1.29 is 19.1 Å². The Morgan fingerprint density at radius 3 is 2.65 bits per heavy atom. The van der Waals surface area contributed by atoms with Gasteiger partial charge in [-0.15, -0.1) is 0 Å². The molecule has 0 fully saturated rings. The van der Waals surface area contributed by atoms with Crippen LogP contribution in [0.1, 0.15) is 13.8 Å². The number of urea groups is 1. The van der Waals surface area contributed by atoms with Gasteiger partial charge >= 0.3 is 12.0 Å². The molecule has 1 aromatic carbocycles. The molecule has 1 unspecified atom stereocenters. The summed E-state index contributed by atoms with van der Waals surface area (Å²) in [7, 11) is 0. The Labute approximate surface area is 124 Å². The van der Waals surface area contributed by atoms with Gasteiger partial charge in [0.05, 0.1) is 10.4 Å². The molecule has 0 radical (unpaired) electrons. The molecule has 1 aromatic rings. The summed E-state index contributed by atoms with van der Waals surface area (Å²) in [4.78, 5) is 24.1. The highest BCUT2D eigenvalue weighted by Gasteiger charge is 2.19. The number of amides is 2. The van der Waals surface area contributed by atoms with Crippen LogP contribution in [0.15, 0.2) is 22.7 Å². The molecule has 0 spiro atoms. The van der Waals surface area contributed by atoms with E-state index in [2.05, 4.69) is 21.2 Å². The van der Waals surface area contributed by atoms with Gasteiger partial charge in [-0.2, -0.15) is 0 Å². The van der Waals surface area contributed by atoms with Crippen molar-refractivity contribution >= 4 is 33.6 Å². The van der Waals surface area contributed by atoms with Gasteiger partial charge in [0, 0.05) is 18.8 Å². The molecule has 110 valence electrons. The summed E-state index contributed by atoms with van der Waals surface area (Å²) in [6, 6.07) is 3.78. The first-order valence-corrected chi connectivity index (χ1v) is 6.88. The van der Waals surface area contributed by atoms with Crippen molar-refractivity contribution in [3.63, 3.8) is 0 Å². The van der Waals surface area contributed by atoms with Crippen LogP contribution in [0.2, 0.25) is 0 Å². The lowest BCUT2D eigenvalue weighted by Crippen LogP contribution is -2.39. The van der Waals surface area contributed by atoms with Crippen molar-refractivity contribution in [2.75, 3.05) is 18.4 Å². The van der Waals surface area contributed by atoms with Gasteiger partial charge in [-0.05, 0) is 41.1 Å². The molecule has 7 heteroatoms. The number of carboxylic acids is 1. The molecular formula is C13H16BrFN2O3. The smallest absolute Gasteiger partial charge is 0.321 e. The summed E-state index contributed by atoms with van der Waals surface area (Å²) in [5.74, 6) is -2.11. The van der Waals surface area contributed by atoms with Crippen molar-refractivity contribution in [3.05, 3.63) is 28.5 Å². The molecule has 0 saturated carbocycles. The van der Waals surface area contributed by atoms with E-state index >= 15 is 0 Å². The Hall–Kier alpha value is -1.63. The Balaban J connectivity index is 2.72. The Kier molecular flexibility index (Phi) is 5.94. The molecule has 0 aliphatic heterocycles. The van der Waals surface area contributed by atoms with E-state index in [1.807, 2.05) is 0 Å². The number of carboxylic acid groups (broad SMARTS) is 1. The molecule has 2 N–H and O–H groups in total. The van der Waals surface area contributed by atoms with E-state index in [0.29, 0.717) is 16.7 Å². The molecule has 0 saturated heterocycles. The van der Waals surface area contributed by atoms with Gasteiger partial charge in [0.25, 0.3) is 0 Å². The van der Waals surface area contributed by atoms with Gasteiger partial charge in [0.1, 0.15) is 5.82 Å². The summed E-state index contributed by atoms with van der Waals surface area (Å²) in [6.45, 7) is 3.73. The molecule has 20 heavy (non-hydrogen) atoms. The van der Waals surface area contributed by atoms with Crippen LogP contribution >= 0.6 is 15.9 Å². The second-order valence-electron chi connectivity index (χ2n) is 4.34. The molecule has 0 aromatic heterocycles. The van der Waals surface area contributed by atoms with Crippen molar-refractivity contribution in [1.82, 2.24) is 4.90 Å². The number of carbonyl (C=O) groups is 2. The standard InChI is InChI=1S/C13H16BrFN2O3/c1-3-17(7-8(2)12(18)19)13(20)16-9-4-5-10(14)11(15)6-9/h4-6,8H,3,7H2,1-2H3,(H,16,20)(H,18,19). The fraction of sp³-hybridized carbons (Fsp3) is 0.385. The maximum atomic E-state index is 13.3. The fourth-order valence-electron chi connectivity index (χ4n) is 1.54. The van der Waals surface area contributed by atoms with Crippen LogP contribution in [-0.2, 0) is 4.79 Å². The number of aliphatic carboxylic acids is 1. The van der Waals surface area contributed by atoms with Crippen LogP contribution in [0.4, 0.5) is 14.9 Å². The molecule has 2 amide bonds. The molecule has 0 aliphatic rings. The predicted octanol–water partition coefficient (Wildman–Crippen LogP) is 3.16. The highest BCUT2D eigenvalue weighted by Crippen LogP contribution is 2.19. The van der Waals surface area contributed by atoms with E-state index in [9.17, 15) is 14.0 Å². The minimum Gasteiger partial charge on any atom is -0.481 e. The van der Waals surface area contributed by atoms with Crippen LogP contribution in [0.3, 0.4) is 0 Å². The number of carbonyl (C=O) groups excluding carboxylic acids is 1. The van der Waals surface area contributed by atoms with E-state index in [-0.39, 0.29) is 6.54 Å². The summed E-state index contributed by atoms with van der Waals surface area (Å²) in [5.41, 5.74) is 0.317. The van der Waals surface area contributed by atoms with Crippen molar-refractivity contribution in [2.24, 2.45) is 5.92 Å². The largest absolute Gasteiger partial charge is 0.481 e. The summed E-state index contributed by atoms with van der Waals surface area (Å²) >= 11 is 3.02. The third-order valence-electron chi connectivity index (χ3n) is 2.76. The van der Waals surface area contributed by atoms with Gasteiger partial charge in [0.15, 0.2) is 0 Å². The lowest BCUT2D eigenvalue weighted by Gasteiger charge is -2.23. The second-order valence-corrected chi connectivity index (χ2v) is 5.19. The zero-order valence-corrected chi connectivity index (χ0v) is 12.8. The number of rotatable bonds is 5. The quantitative estimate of drug-likeness (QED) is 0.860. The van der Waals surface area contributed by atoms with E-state index in [1.54, 1.807) is 13.0 Å². The van der Waals surface area contributed by atoms with E-state index in [4.69, 9.17) is 5.11 Å². The van der Waals surface area contributed by atoms with Gasteiger partial charge in [-0.25, -0.2) is 9.18 Å².